The van der Waals surface area contributed by atoms with Gasteiger partial charge in [0.15, 0.2) is 0 Å². The van der Waals surface area contributed by atoms with Crippen LogP contribution in [0, 0.1) is 5.82 Å². The molecule has 0 aliphatic rings. The molecule has 0 spiro atoms. The lowest BCUT2D eigenvalue weighted by Crippen LogP contribution is -2.25. The van der Waals surface area contributed by atoms with Crippen molar-refractivity contribution in [2.45, 2.75) is 32.7 Å². The Balaban J connectivity index is 2.06. The number of pyridine rings is 1. The standard InChI is InChI=1S/C25H26FN3O2/c1-4-6-7-12-27-25(30)23-18-14-16(26)8-10-20(18)28-24-22(23)19-15-17(31-3)9-11-21(19)29(24)13-5-2/h5,8-11,14-15H,2,4,6-7,12-13H2,1,3H3,(H,27,30). The molecule has 1 N–H and O–H groups in total. The van der Waals surface area contributed by atoms with Crippen LogP contribution < -0.4 is 10.1 Å². The van der Waals surface area contributed by atoms with Gasteiger partial charge in [-0.05, 0) is 42.8 Å². The molecule has 0 saturated carbocycles. The third kappa shape index (κ3) is 3.74. The number of benzene rings is 2. The number of hydrogen-bond donors (Lipinski definition) is 1. The largest absolute Gasteiger partial charge is 0.497 e. The SMILES string of the molecule is C=CCn1c2ccc(OC)cc2c2c(C(=O)NCCCCC)c3cc(F)ccc3nc21. The van der Waals surface area contributed by atoms with Crippen molar-refractivity contribution in [1.82, 2.24) is 14.9 Å². The molecular formula is C25H26FN3O2. The molecule has 0 unspecified atom stereocenters. The number of allylic oxidation sites excluding steroid dienone is 1. The van der Waals surface area contributed by atoms with Crippen molar-refractivity contribution in [2.24, 2.45) is 0 Å². The lowest BCUT2D eigenvalue weighted by molar-refractivity contribution is 0.0956. The van der Waals surface area contributed by atoms with Gasteiger partial charge in [0, 0.05) is 29.2 Å². The van der Waals surface area contributed by atoms with Gasteiger partial charge in [-0.1, -0.05) is 25.8 Å². The topological polar surface area (TPSA) is 56.1 Å². The number of methoxy groups -OCH3 is 1. The number of nitrogens with one attached hydrogen (secondary N) is 1. The van der Waals surface area contributed by atoms with Crippen molar-refractivity contribution < 1.29 is 13.9 Å². The second-order valence-electron chi connectivity index (χ2n) is 7.59. The molecule has 0 fully saturated rings. The quantitative estimate of drug-likeness (QED) is 0.299. The average molecular weight is 420 g/mol. The Kier molecular flexibility index (Phi) is 5.89. The van der Waals surface area contributed by atoms with E-state index in [9.17, 15) is 9.18 Å². The number of aromatic nitrogens is 2. The Labute approximate surface area is 180 Å². The summed E-state index contributed by atoms with van der Waals surface area (Å²) in [5.74, 6) is 0.0551. The van der Waals surface area contributed by atoms with E-state index in [1.807, 2.05) is 22.8 Å². The van der Waals surface area contributed by atoms with Crippen LogP contribution in [0.3, 0.4) is 0 Å². The maximum Gasteiger partial charge on any atom is 0.252 e. The van der Waals surface area contributed by atoms with Crippen molar-refractivity contribution in [3.05, 3.63) is 60.4 Å². The zero-order chi connectivity index (χ0) is 22.0. The first-order valence-electron chi connectivity index (χ1n) is 10.6. The van der Waals surface area contributed by atoms with E-state index in [1.165, 1.54) is 12.1 Å². The molecule has 160 valence electrons. The van der Waals surface area contributed by atoms with E-state index < -0.39 is 5.82 Å². The van der Waals surface area contributed by atoms with Gasteiger partial charge in [0.2, 0.25) is 0 Å². The normalized spacial score (nSPS) is 11.3. The van der Waals surface area contributed by atoms with E-state index in [0.717, 1.165) is 30.2 Å². The van der Waals surface area contributed by atoms with E-state index in [0.29, 0.717) is 46.3 Å². The molecule has 2 heterocycles. The summed E-state index contributed by atoms with van der Waals surface area (Å²) in [6.07, 6.45) is 4.80. The molecule has 6 heteroatoms. The number of hydrogen-bond acceptors (Lipinski definition) is 3. The zero-order valence-electron chi connectivity index (χ0n) is 17.9. The summed E-state index contributed by atoms with van der Waals surface area (Å²) in [5, 5.41) is 5.06. The second kappa shape index (κ2) is 8.76. The summed E-state index contributed by atoms with van der Waals surface area (Å²) >= 11 is 0. The van der Waals surface area contributed by atoms with Crippen LogP contribution in [0.15, 0.2) is 49.1 Å². The van der Waals surface area contributed by atoms with Crippen LogP contribution in [0.2, 0.25) is 0 Å². The van der Waals surface area contributed by atoms with Gasteiger partial charge in [0.05, 0.1) is 23.7 Å². The molecule has 1 amide bonds. The van der Waals surface area contributed by atoms with Crippen molar-refractivity contribution in [1.29, 1.82) is 0 Å². The molecule has 4 aromatic rings. The molecule has 0 atom stereocenters. The van der Waals surface area contributed by atoms with E-state index in [4.69, 9.17) is 9.72 Å². The Morgan fingerprint density at radius 3 is 2.81 bits per heavy atom. The first-order valence-corrected chi connectivity index (χ1v) is 10.6. The Bertz CT molecular complexity index is 1290. The fourth-order valence-electron chi connectivity index (χ4n) is 4.08. The van der Waals surface area contributed by atoms with Gasteiger partial charge in [-0.2, -0.15) is 0 Å². The Morgan fingerprint density at radius 1 is 1.23 bits per heavy atom. The van der Waals surface area contributed by atoms with Crippen molar-refractivity contribution in [3.63, 3.8) is 0 Å². The molecule has 0 radical (unpaired) electrons. The average Bonchev–Trinajstić information content (AvgIpc) is 3.07. The lowest BCUT2D eigenvalue weighted by atomic mass is 10.0. The molecule has 2 aromatic heterocycles. The number of amides is 1. The van der Waals surface area contributed by atoms with Crippen LogP contribution in [0.5, 0.6) is 5.75 Å². The van der Waals surface area contributed by atoms with Gasteiger partial charge in [-0.25, -0.2) is 9.37 Å². The molecule has 4 rings (SSSR count). The highest BCUT2D eigenvalue weighted by Gasteiger charge is 2.23. The summed E-state index contributed by atoms with van der Waals surface area (Å²) in [6.45, 7) is 7.09. The fraction of sp³-hybridized carbons (Fsp3) is 0.280. The number of halogens is 1. The third-order valence-corrected chi connectivity index (χ3v) is 5.55. The van der Waals surface area contributed by atoms with Crippen molar-refractivity contribution >= 4 is 38.7 Å². The number of nitrogens with zero attached hydrogens (tertiary/aromatic N) is 2. The van der Waals surface area contributed by atoms with Crippen LogP contribution in [-0.4, -0.2) is 29.1 Å². The molecule has 0 aliphatic heterocycles. The second-order valence-corrected chi connectivity index (χ2v) is 7.59. The van der Waals surface area contributed by atoms with Crippen LogP contribution >= 0.6 is 0 Å². The van der Waals surface area contributed by atoms with Crippen LogP contribution in [0.1, 0.15) is 36.5 Å². The van der Waals surface area contributed by atoms with E-state index in [1.54, 1.807) is 19.3 Å². The molecule has 31 heavy (non-hydrogen) atoms. The Morgan fingerprint density at radius 2 is 2.06 bits per heavy atom. The number of rotatable bonds is 8. The van der Waals surface area contributed by atoms with E-state index in [-0.39, 0.29) is 5.91 Å². The van der Waals surface area contributed by atoms with Crippen LogP contribution in [-0.2, 0) is 6.54 Å². The maximum absolute atomic E-state index is 14.2. The van der Waals surface area contributed by atoms with Gasteiger partial charge in [-0.3, -0.25) is 4.79 Å². The van der Waals surface area contributed by atoms with Gasteiger partial charge in [0.1, 0.15) is 17.2 Å². The predicted molar refractivity (Wildman–Crippen MR) is 123 cm³/mol. The minimum atomic E-state index is -0.402. The number of carbonyl (C=O) groups excluding carboxylic acids is 1. The van der Waals surface area contributed by atoms with Crippen LogP contribution in [0.25, 0.3) is 32.8 Å². The molecule has 0 bridgehead atoms. The number of unbranched alkanes of at least 4 members (excludes halogenated alkanes) is 2. The smallest absolute Gasteiger partial charge is 0.252 e. The predicted octanol–water partition coefficient (Wildman–Crippen LogP) is 5.60. The highest BCUT2D eigenvalue weighted by atomic mass is 19.1. The van der Waals surface area contributed by atoms with Gasteiger partial charge < -0.3 is 14.6 Å². The molecule has 2 aromatic carbocycles. The summed E-state index contributed by atoms with van der Waals surface area (Å²) in [4.78, 5) is 18.2. The number of carbonyl (C=O) groups is 1. The van der Waals surface area contributed by atoms with E-state index >= 15 is 0 Å². The van der Waals surface area contributed by atoms with Gasteiger partial charge in [-0.15, -0.1) is 6.58 Å². The maximum atomic E-state index is 14.2. The third-order valence-electron chi connectivity index (χ3n) is 5.55. The minimum Gasteiger partial charge on any atom is -0.497 e. The summed E-state index contributed by atoms with van der Waals surface area (Å²) in [7, 11) is 1.61. The molecular weight excluding hydrogens is 393 g/mol. The van der Waals surface area contributed by atoms with Crippen molar-refractivity contribution in [3.8, 4) is 5.75 Å². The van der Waals surface area contributed by atoms with Gasteiger partial charge in [0.25, 0.3) is 5.91 Å². The number of ether oxygens (including phenoxy) is 1. The first kappa shape index (κ1) is 20.8. The summed E-state index contributed by atoms with van der Waals surface area (Å²) < 4.78 is 21.6. The minimum absolute atomic E-state index is 0.223. The lowest BCUT2D eigenvalue weighted by Gasteiger charge is -2.11. The monoisotopic (exact) mass is 419 g/mol. The summed E-state index contributed by atoms with van der Waals surface area (Å²) in [6, 6.07) is 10.1. The molecule has 0 aliphatic carbocycles. The Hall–Kier alpha value is -3.41. The molecule has 0 saturated heterocycles. The highest BCUT2D eigenvalue weighted by Crippen LogP contribution is 2.36. The summed E-state index contributed by atoms with van der Waals surface area (Å²) in [5.41, 5.74) is 2.60. The number of fused-ring (bicyclic) bond motifs is 4. The molecule has 5 nitrogen and oxygen atoms in total. The van der Waals surface area contributed by atoms with E-state index in [2.05, 4.69) is 18.8 Å². The van der Waals surface area contributed by atoms with Gasteiger partial charge >= 0.3 is 0 Å². The first-order chi connectivity index (χ1) is 15.1. The highest BCUT2D eigenvalue weighted by molar-refractivity contribution is 6.23. The fourth-order valence-corrected chi connectivity index (χ4v) is 4.08. The zero-order valence-corrected chi connectivity index (χ0v) is 17.9. The van der Waals surface area contributed by atoms with Crippen LogP contribution in [0.4, 0.5) is 4.39 Å². The van der Waals surface area contributed by atoms with Crippen molar-refractivity contribution in [2.75, 3.05) is 13.7 Å².